The lowest BCUT2D eigenvalue weighted by molar-refractivity contribution is -0.136. The van der Waals surface area contributed by atoms with Crippen LogP contribution < -0.4 is 10.6 Å². The maximum atomic E-state index is 13.1. The summed E-state index contributed by atoms with van der Waals surface area (Å²) in [6.07, 6.45) is 7.17. The molecule has 4 saturated carbocycles. The zero-order valence-electron chi connectivity index (χ0n) is 22.4. The number of carbonyl (C=O) groups excluding carboxylic acids is 3. The Morgan fingerprint density at radius 1 is 1.05 bits per heavy atom. The van der Waals surface area contributed by atoms with Crippen molar-refractivity contribution in [1.29, 1.82) is 0 Å². The van der Waals surface area contributed by atoms with Gasteiger partial charge in [0.05, 0.1) is 18.8 Å². The molecule has 0 radical (unpaired) electrons. The van der Waals surface area contributed by atoms with Gasteiger partial charge in [-0.2, -0.15) is 0 Å². The number of piperidine rings is 1. The van der Waals surface area contributed by atoms with Crippen LogP contribution >= 0.6 is 0 Å². The first-order chi connectivity index (χ1) is 19.4. The first-order valence-electron chi connectivity index (χ1n) is 14.6. The molecule has 1 saturated heterocycles. The van der Waals surface area contributed by atoms with Crippen LogP contribution in [0.2, 0.25) is 0 Å². The third-order valence-corrected chi connectivity index (χ3v) is 10.1. The molecule has 6 aliphatic rings. The van der Waals surface area contributed by atoms with Crippen LogP contribution in [0.25, 0.3) is 11.0 Å². The van der Waals surface area contributed by atoms with Gasteiger partial charge in [-0.15, -0.1) is 0 Å². The summed E-state index contributed by atoms with van der Waals surface area (Å²) in [6.45, 7) is 1.45. The van der Waals surface area contributed by atoms with Gasteiger partial charge < -0.3 is 19.4 Å². The molecule has 0 spiro atoms. The van der Waals surface area contributed by atoms with Crippen LogP contribution in [-0.2, 0) is 34.0 Å². The van der Waals surface area contributed by atoms with Gasteiger partial charge in [-0.25, -0.2) is 0 Å². The minimum atomic E-state index is -0.627. The molecule has 2 aromatic carbocycles. The number of nitrogens with zero attached hydrogens (tertiary/aromatic N) is 1. The van der Waals surface area contributed by atoms with Crippen molar-refractivity contribution in [2.45, 2.75) is 76.3 Å². The maximum Gasteiger partial charge on any atom is 0.255 e. The molecule has 206 valence electrons. The van der Waals surface area contributed by atoms with Crippen molar-refractivity contribution in [3.63, 3.8) is 0 Å². The summed E-state index contributed by atoms with van der Waals surface area (Å²) in [4.78, 5) is 38.7. The summed E-state index contributed by atoms with van der Waals surface area (Å²) >= 11 is 0. The highest BCUT2D eigenvalue weighted by Gasteiger charge is 2.56. The van der Waals surface area contributed by atoms with Crippen molar-refractivity contribution in [2.75, 3.05) is 5.32 Å². The molecule has 8 heteroatoms. The van der Waals surface area contributed by atoms with E-state index in [1.54, 1.807) is 11.0 Å². The fourth-order valence-electron chi connectivity index (χ4n) is 8.41. The highest BCUT2D eigenvalue weighted by Crippen LogP contribution is 2.61. The monoisotopic (exact) mass is 539 g/mol. The molecule has 1 aromatic heterocycles. The number of furan rings is 1. The van der Waals surface area contributed by atoms with Crippen LogP contribution in [0, 0.1) is 17.8 Å². The summed E-state index contributed by atoms with van der Waals surface area (Å²) in [6, 6.07) is 13.3. The Kier molecular flexibility index (Phi) is 5.40. The molecule has 2 aliphatic heterocycles. The Morgan fingerprint density at radius 2 is 1.90 bits per heavy atom. The van der Waals surface area contributed by atoms with Crippen molar-refractivity contribution in [1.82, 2.24) is 10.2 Å². The number of nitrogens with one attached hydrogen (secondary N) is 2. The van der Waals surface area contributed by atoms with Crippen molar-refractivity contribution in [2.24, 2.45) is 17.8 Å². The van der Waals surface area contributed by atoms with Crippen molar-refractivity contribution >= 4 is 34.4 Å². The van der Waals surface area contributed by atoms with Crippen LogP contribution in [0.3, 0.4) is 0 Å². The van der Waals surface area contributed by atoms with E-state index < -0.39 is 11.9 Å². The summed E-state index contributed by atoms with van der Waals surface area (Å²) in [5.74, 6) is 2.62. The predicted molar refractivity (Wildman–Crippen MR) is 147 cm³/mol. The van der Waals surface area contributed by atoms with Crippen LogP contribution in [0.1, 0.15) is 72.2 Å². The molecule has 3 atom stereocenters. The first kappa shape index (κ1) is 24.2. The number of hydrogen-bond acceptors (Lipinski definition) is 6. The summed E-state index contributed by atoms with van der Waals surface area (Å²) in [7, 11) is 0. The lowest BCUT2D eigenvalue weighted by Gasteiger charge is -2.38. The van der Waals surface area contributed by atoms with Crippen LogP contribution in [-0.4, -0.2) is 34.3 Å². The molecule has 4 aliphatic carbocycles. The molecule has 3 amide bonds. The van der Waals surface area contributed by atoms with E-state index in [1.165, 1.54) is 37.7 Å². The topological polar surface area (TPSA) is 101 Å². The second-order valence-corrected chi connectivity index (χ2v) is 12.6. The Hall–Kier alpha value is -3.65. The molecule has 8 nitrogen and oxygen atoms in total. The van der Waals surface area contributed by atoms with Crippen molar-refractivity contribution in [3.05, 3.63) is 64.9 Å². The SMILES string of the molecule is O=C1CCC(N2Cc3c(NCc4cc5cc(COC67CC8CC(C6)C(C8)C7)ccc5o4)cccc3C2=O)C(=O)N1. The molecule has 3 unspecified atom stereocenters. The van der Waals surface area contributed by atoms with Gasteiger partial charge in [0.2, 0.25) is 11.8 Å². The van der Waals surface area contributed by atoms with E-state index in [0.717, 1.165) is 45.7 Å². The van der Waals surface area contributed by atoms with E-state index in [4.69, 9.17) is 9.15 Å². The van der Waals surface area contributed by atoms with E-state index in [1.807, 2.05) is 18.2 Å². The quantitative estimate of drug-likeness (QED) is 0.414. The third-order valence-electron chi connectivity index (χ3n) is 10.1. The van der Waals surface area contributed by atoms with Gasteiger partial charge in [0.1, 0.15) is 17.4 Å². The molecule has 2 N–H and O–H groups in total. The van der Waals surface area contributed by atoms with E-state index in [9.17, 15) is 14.4 Å². The summed E-state index contributed by atoms with van der Waals surface area (Å²) in [5.41, 5.74) is 4.43. The number of imide groups is 1. The fraction of sp³-hybridized carbons (Fsp3) is 0.469. The second kappa shape index (κ2) is 8.93. The minimum absolute atomic E-state index is 0.113. The number of amides is 3. The van der Waals surface area contributed by atoms with E-state index >= 15 is 0 Å². The molecule has 3 heterocycles. The molecule has 40 heavy (non-hydrogen) atoms. The predicted octanol–water partition coefficient (Wildman–Crippen LogP) is 4.90. The second-order valence-electron chi connectivity index (χ2n) is 12.6. The number of fused-ring (bicyclic) bond motifs is 2. The Morgan fingerprint density at radius 3 is 2.70 bits per heavy atom. The van der Waals surface area contributed by atoms with Crippen LogP contribution in [0.4, 0.5) is 5.69 Å². The normalized spacial score (nSPS) is 30.4. The fourth-order valence-corrected chi connectivity index (χ4v) is 8.41. The number of anilines is 1. The number of benzene rings is 2. The average Bonchev–Trinajstić information content (AvgIpc) is 3.64. The first-order valence-corrected chi connectivity index (χ1v) is 14.6. The number of carbonyl (C=O) groups is 3. The zero-order chi connectivity index (χ0) is 27.0. The highest BCUT2D eigenvalue weighted by molar-refractivity contribution is 6.06. The summed E-state index contributed by atoms with van der Waals surface area (Å²) < 4.78 is 12.7. The van der Waals surface area contributed by atoms with Gasteiger partial charge in [0.15, 0.2) is 0 Å². The molecule has 4 bridgehead atoms. The summed E-state index contributed by atoms with van der Waals surface area (Å²) in [5, 5.41) is 6.86. The molecule has 9 rings (SSSR count). The maximum absolute atomic E-state index is 13.1. The van der Waals surface area contributed by atoms with E-state index in [2.05, 4.69) is 28.8 Å². The Balaban J connectivity index is 0.941. The van der Waals surface area contributed by atoms with Gasteiger partial charge in [-0.3, -0.25) is 19.7 Å². The highest BCUT2D eigenvalue weighted by atomic mass is 16.5. The lowest BCUT2D eigenvalue weighted by atomic mass is 9.78. The lowest BCUT2D eigenvalue weighted by Crippen LogP contribution is -2.52. The smallest absolute Gasteiger partial charge is 0.255 e. The molecule has 3 aromatic rings. The largest absolute Gasteiger partial charge is 0.459 e. The van der Waals surface area contributed by atoms with Gasteiger partial charge in [0, 0.05) is 35.2 Å². The zero-order valence-corrected chi connectivity index (χ0v) is 22.4. The Bertz CT molecular complexity index is 1540. The van der Waals surface area contributed by atoms with Crippen molar-refractivity contribution in [3.8, 4) is 0 Å². The van der Waals surface area contributed by atoms with E-state index in [0.29, 0.717) is 31.7 Å². The van der Waals surface area contributed by atoms with Gasteiger partial charge in [0.25, 0.3) is 5.91 Å². The van der Waals surface area contributed by atoms with E-state index in [-0.39, 0.29) is 23.8 Å². The van der Waals surface area contributed by atoms with Crippen LogP contribution in [0.15, 0.2) is 46.9 Å². The van der Waals surface area contributed by atoms with Crippen molar-refractivity contribution < 1.29 is 23.5 Å². The van der Waals surface area contributed by atoms with Gasteiger partial charge >= 0.3 is 0 Å². The average molecular weight is 540 g/mol. The number of rotatable bonds is 7. The Labute approximate surface area is 232 Å². The third kappa shape index (κ3) is 3.95. The van der Waals surface area contributed by atoms with Crippen LogP contribution in [0.5, 0.6) is 0 Å². The van der Waals surface area contributed by atoms with Gasteiger partial charge in [-0.1, -0.05) is 12.1 Å². The van der Waals surface area contributed by atoms with Gasteiger partial charge in [-0.05, 0) is 92.2 Å². The molecular formula is C32H33N3O5. The number of ether oxygens (including phenoxy) is 1. The minimum Gasteiger partial charge on any atom is -0.459 e. The molecular weight excluding hydrogens is 506 g/mol. The standard InChI is InChI=1S/C32H33N3O5/c36-29-7-5-27(30(37)34-29)35-16-25-24(31(35)38)2-1-3-26(25)33-15-23-11-20-8-18(4-6-28(20)40-23)17-39-32-12-19-9-21(13-32)22(10-19)14-32/h1-4,6,8,11,19,21-22,27,33H,5,7,9-10,12-17H2,(H,34,36,37). The molecule has 5 fully saturated rings. The number of hydrogen-bond donors (Lipinski definition) is 2.